The number of nitrogens with zero attached hydrogens (tertiary/aromatic N) is 3. The van der Waals surface area contributed by atoms with Crippen LogP contribution in [-0.4, -0.2) is 60.9 Å². The Kier molecular flexibility index (Phi) is 6.99. The molecule has 0 spiro atoms. The molecule has 0 saturated carbocycles. The maximum absolute atomic E-state index is 12.0. The summed E-state index contributed by atoms with van der Waals surface area (Å²) in [6.07, 6.45) is 3.31. The van der Waals surface area contributed by atoms with Gasteiger partial charge in [-0.3, -0.25) is 0 Å². The number of likely N-dealkylation sites (tertiary alicyclic amines) is 1. The Morgan fingerprint density at radius 2 is 1.71 bits per heavy atom. The van der Waals surface area contributed by atoms with Gasteiger partial charge in [-0.1, -0.05) is 0 Å². The second kappa shape index (κ2) is 9.51. The van der Waals surface area contributed by atoms with Crippen molar-refractivity contribution >= 4 is 15.9 Å². The molecular weight excluding hydrogens is 422 g/mol. The number of ether oxygens (including phenoxy) is 3. The first-order valence-corrected chi connectivity index (χ1v) is 11.9. The van der Waals surface area contributed by atoms with Crippen molar-refractivity contribution in [2.75, 3.05) is 19.3 Å². The van der Waals surface area contributed by atoms with E-state index >= 15 is 0 Å². The quantitative estimate of drug-likeness (QED) is 0.661. The zero-order valence-corrected chi connectivity index (χ0v) is 18.9. The van der Waals surface area contributed by atoms with Gasteiger partial charge in [0.15, 0.2) is 9.84 Å². The first kappa shape index (κ1) is 22.8. The fourth-order valence-electron chi connectivity index (χ4n) is 3.10. The molecule has 0 atom stereocenters. The van der Waals surface area contributed by atoms with Gasteiger partial charge in [-0.05, 0) is 45.0 Å². The topological polar surface area (TPSA) is 108 Å². The van der Waals surface area contributed by atoms with Crippen LogP contribution in [0.4, 0.5) is 4.79 Å². The number of aromatic nitrogens is 2. The maximum Gasteiger partial charge on any atom is 0.410 e. The molecule has 3 rings (SSSR count). The van der Waals surface area contributed by atoms with Crippen molar-refractivity contribution in [2.45, 2.75) is 50.7 Å². The molecule has 1 aromatic heterocycles. The molecule has 10 heteroatoms. The summed E-state index contributed by atoms with van der Waals surface area (Å²) in [7, 11) is -3.27. The number of piperidine rings is 1. The van der Waals surface area contributed by atoms with Crippen LogP contribution in [0.25, 0.3) is 0 Å². The summed E-state index contributed by atoms with van der Waals surface area (Å²) >= 11 is 0. The number of benzene rings is 1. The van der Waals surface area contributed by atoms with Crippen molar-refractivity contribution in [3.05, 3.63) is 36.2 Å². The summed E-state index contributed by atoms with van der Waals surface area (Å²) < 4.78 is 40.3. The molecule has 168 valence electrons. The van der Waals surface area contributed by atoms with Gasteiger partial charge in [0.2, 0.25) is 11.8 Å². The van der Waals surface area contributed by atoms with Gasteiger partial charge in [-0.2, -0.15) is 0 Å². The van der Waals surface area contributed by atoms with Gasteiger partial charge in [-0.15, -0.1) is 0 Å². The van der Waals surface area contributed by atoms with E-state index in [2.05, 4.69) is 9.97 Å². The van der Waals surface area contributed by atoms with Gasteiger partial charge >= 0.3 is 6.09 Å². The van der Waals surface area contributed by atoms with Crippen LogP contribution in [0.2, 0.25) is 0 Å². The predicted octanol–water partition coefficient (Wildman–Crippen LogP) is 3.37. The highest BCUT2D eigenvalue weighted by Gasteiger charge is 2.26. The smallest absolute Gasteiger partial charge is 0.410 e. The van der Waals surface area contributed by atoms with Crippen LogP contribution in [-0.2, 0) is 14.6 Å². The highest BCUT2D eigenvalue weighted by Crippen LogP contribution is 2.29. The lowest BCUT2D eigenvalue weighted by molar-refractivity contribution is 0.0505. The molecule has 0 aliphatic carbocycles. The van der Waals surface area contributed by atoms with Crippen molar-refractivity contribution < 1.29 is 27.4 Å². The zero-order chi connectivity index (χ0) is 22.6. The molecule has 2 heterocycles. The molecule has 1 aromatic carbocycles. The highest BCUT2D eigenvalue weighted by molar-refractivity contribution is 7.90. The molecule has 0 radical (unpaired) electrons. The number of carbonyl (C=O) groups is 1. The molecule has 1 aliphatic rings. The third-order valence-electron chi connectivity index (χ3n) is 4.77. The van der Waals surface area contributed by atoms with Gasteiger partial charge in [0.05, 0.1) is 16.6 Å². The van der Waals surface area contributed by atoms with Crippen molar-refractivity contribution in [1.82, 2.24) is 14.9 Å². The molecule has 1 amide bonds. The number of hydrogen-bond donors (Lipinski definition) is 0. The Hall–Kier alpha value is -2.88. The second-order valence-corrected chi connectivity index (χ2v) is 9.71. The molecular formula is C21H27N3O6S. The summed E-state index contributed by atoms with van der Waals surface area (Å²) in [5.41, 5.74) is 0.635. The minimum absolute atomic E-state index is 0.0846. The molecule has 1 saturated heterocycles. The lowest BCUT2D eigenvalue weighted by Gasteiger charge is -2.31. The fraction of sp³-hybridized carbons (Fsp3) is 0.476. The van der Waals surface area contributed by atoms with Crippen molar-refractivity contribution in [3.63, 3.8) is 0 Å². The zero-order valence-electron chi connectivity index (χ0n) is 18.1. The minimum atomic E-state index is -3.27. The average molecular weight is 450 g/mol. The van der Waals surface area contributed by atoms with Crippen LogP contribution in [0, 0.1) is 6.92 Å². The number of carbonyl (C=O) groups excluding carboxylic acids is 1. The van der Waals surface area contributed by atoms with Crippen molar-refractivity contribution in [3.8, 4) is 17.5 Å². The Morgan fingerprint density at radius 1 is 1.10 bits per heavy atom. The molecule has 1 aliphatic heterocycles. The van der Waals surface area contributed by atoms with Crippen molar-refractivity contribution in [1.29, 1.82) is 0 Å². The maximum atomic E-state index is 12.0. The van der Waals surface area contributed by atoms with E-state index in [1.54, 1.807) is 24.0 Å². The number of rotatable bonds is 6. The van der Waals surface area contributed by atoms with Crippen LogP contribution in [0.3, 0.4) is 0 Å². The summed E-state index contributed by atoms with van der Waals surface area (Å²) in [6, 6.07) is 6.11. The van der Waals surface area contributed by atoms with Gasteiger partial charge in [-0.25, -0.2) is 23.2 Å². The third kappa shape index (κ3) is 6.06. The lowest BCUT2D eigenvalue weighted by atomic mass is 10.1. The molecule has 0 unspecified atom stereocenters. The van der Waals surface area contributed by atoms with E-state index in [1.807, 2.05) is 13.8 Å². The van der Waals surface area contributed by atoms with E-state index in [9.17, 15) is 13.2 Å². The predicted molar refractivity (Wildman–Crippen MR) is 113 cm³/mol. The SMILES string of the molecule is Cc1c(Oc2ccc(S(C)(=O)=O)cc2)ncnc1OC1CCN(C(=O)OC(C)C)CC1. The number of sulfone groups is 1. The lowest BCUT2D eigenvalue weighted by Crippen LogP contribution is -2.42. The molecule has 31 heavy (non-hydrogen) atoms. The van der Waals surface area contributed by atoms with Gasteiger partial charge in [0.1, 0.15) is 18.2 Å². The monoisotopic (exact) mass is 449 g/mol. The summed E-state index contributed by atoms with van der Waals surface area (Å²) in [5, 5.41) is 0. The van der Waals surface area contributed by atoms with E-state index < -0.39 is 9.84 Å². The Balaban J connectivity index is 1.62. The normalized spacial score (nSPS) is 15.1. The summed E-state index contributed by atoms with van der Waals surface area (Å²) in [5.74, 6) is 1.20. The van der Waals surface area contributed by atoms with E-state index in [-0.39, 0.29) is 23.2 Å². The Morgan fingerprint density at radius 3 is 2.29 bits per heavy atom. The minimum Gasteiger partial charge on any atom is -0.474 e. The highest BCUT2D eigenvalue weighted by atomic mass is 32.2. The summed E-state index contributed by atoms with van der Waals surface area (Å²) in [4.78, 5) is 22.3. The van der Waals surface area contributed by atoms with E-state index in [4.69, 9.17) is 14.2 Å². The van der Waals surface area contributed by atoms with E-state index in [0.717, 1.165) is 6.26 Å². The Bertz CT molecular complexity index is 1020. The Labute approximate surface area is 182 Å². The van der Waals surface area contributed by atoms with Crippen LogP contribution < -0.4 is 9.47 Å². The molecule has 0 bridgehead atoms. The standard InChI is InChI=1S/C21H27N3O6S/c1-14(2)28-21(25)24-11-9-17(10-12-24)30-20-15(3)19(22-13-23-20)29-16-5-7-18(8-6-16)31(4,26)27/h5-8,13-14,17H,9-12H2,1-4H3. The van der Waals surface area contributed by atoms with Gasteiger partial charge in [0, 0.05) is 32.2 Å². The van der Waals surface area contributed by atoms with Gasteiger partial charge in [0.25, 0.3) is 0 Å². The number of hydrogen-bond acceptors (Lipinski definition) is 8. The van der Waals surface area contributed by atoms with Gasteiger partial charge < -0.3 is 19.1 Å². The fourth-order valence-corrected chi connectivity index (χ4v) is 3.73. The van der Waals surface area contributed by atoms with Crippen LogP contribution in [0.5, 0.6) is 17.5 Å². The van der Waals surface area contributed by atoms with E-state index in [1.165, 1.54) is 18.5 Å². The van der Waals surface area contributed by atoms with E-state index in [0.29, 0.717) is 49.0 Å². The van der Waals surface area contributed by atoms with Crippen LogP contribution in [0.1, 0.15) is 32.3 Å². The third-order valence-corrected chi connectivity index (χ3v) is 5.90. The van der Waals surface area contributed by atoms with Crippen LogP contribution >= 0.6 is 0 Å². The first-order chi connectivity index (χ1) is 14.6. The van der Waals surface area contributed by atoms with Crippen LogP contribution in [0.15, 0.2) is 35.5 Å². The van der Waals surface area contributed by atoms with Crippen molar-refractivity contribution in [2.24, 2.45) is 0 Å². The molecule has 0 N–H and O–H groups in total. The molecule has 1 fully saturated rings. The largest absolute Gasteiger partial charge is 0.474 e. The molecule has 2 aromatic rings. The second-order valence-electron chi connectivity index (χ2n) is 7.69. The summed E-state index contributed by atoms with van der Waals surface area (Å²) in [6.45, 7) is 6.55. The average Bonchev–Trinajstić information content (AvgIpc) is 2.71. The first-order valence-electron chi connectivity index (χ1n) is 10.0. The number of amides is 1. The molecule has 9 nitrogen and oxygen atoms in total.